The second-order valence-corrected chi connectivity index (χ2v) is 5.03. The topological polar surface area (TPSA) is 37.3 Å². The first-order valence-electron chi connectivity index (χ1n) is 7.49. The third-order valence-electron chi connectivity index (χ3n) is 3.24. The van der Waals surface area contributed by atoms with E-state index in [-0.39, 0.29) is 31.0 Å². The summed E-state index contributed by atoms with van der Waals surface area (Å²) >= 11 is 0. The molecule has 0 rings (SSSR count). The number of carbonyl (C=O) groups is 1. The van der Waals surface area contributed by atoms with E-state index in [1.54, 1.807) is 0 Å². The number of aliphatic carboxylic acids is 1. The number of unbranched alkanes of at least 4 members (excludes halogenated alkanes) is 11. The number of carboxylic acids is 1. The smallest absolute Gasteiger partial charge is 1.00 e. The monoisotopic (exact) mass is 266 g/mol. The van der Waals surface area contributed by atoms with Crippen LogP contribution in [0.4, 0.5) is 0 Å². The van der Waals surface area contributed by atoms with Crippen molar-refractivity contribution in [3.05, 3.63) is 0 Å². The SMILES string of the molecule is CCCCCCCCCCCCCCC(=O)O.[H-].[Na+]. The van der Waals surface area contributed by atoms with Crippen LogP contribution in [-0.4, -0.2) is 11.1 Å². The third-order valence-corrected chi connectivity index (χ3v) is 3.24. The summed E-state index contributed by atoms with van der Waals surface area (Å²) in [5.74, 6) is -0.655. The standard InChI is InChI=1S/C15H30O2.Na.H/c1-2-3-4-5-6-7-8-9-10-11-12-13-14-15(16)17;;/h2-14H2,1H3,(H,16,17);;/q;+1;-1. The summed E-state index contributed by atoms with van der Waals surface area (Å²) < 4.78 is 0. The van der Waals surface area contributed by atoms with Crippen molar-refractivity contribution < 1.29 is 40.9 Å². The van der Waals surface area contributed by atoms with Crippen molar-refractivity contribution in [1.82, 2.24) is 0 Å². The second-order valence-electron chi connectivity index (χ2n) is 5.03. The first-order chi connectivity index (χ1) is 8.27. The summed E-state index contributed by atoms with van der Waals surface area (Å²) in [5, 5.41) is 8.47. The zero-order valence-electron chi connectivity index (χ0n) is 13.5. The molecule has 1 N–H and O–H groups in total. The number of carboxylic acid groups (broad SMARTS) is 1. The van der Waals surface area contributed by atoms with Crippen LogP contribution in [0.2, 0.25) is 0 Å². The van der Waals surface area contributed by atoms with Crippen LogP contribution in [0, 0.1) is 0 Å². The van der Waals surface area contributed by atoms with Crippen molar-refractivity contribution in [2.24, 2.45) is 0 Å². The van der Waals surface area contributed by atoms with Gasteiger partial charge in [0.1, 0.15) is 0 Å². The second kappa shape index (κ2) is 17.5. The number of hydrogen-bond acceptors (Lipinski definition) is 1. The summed E-state index contributed by atoms with van der Waals surface area (Å²) in [6.07, 6.45) is 15.8. The summed E-state index contributed by atoms with van der Waals surface area (Å²) in [6.45, 7) is 2.25. The van der Waals surface area contributed by atoms with Gasteiger partial charge in [-0.3, -0.25) is 4.79 Å². The Morgan fingerprint density at radius 1 is 0.778 bits per heavy atom. The average Bonchev–Trinajstić information content (AvgIpc) is 2.30. The molecule has 0 aliphatic rings. The zero-order chi connectivity index (χ0) is 12.8. The van der Waals surface area contributed by atoms with Crippen LogP contribution >= 0.6 is 0 Å². The van der Waals surface area contributed by atoms with Gasteiger partial charge in [0.15, 0.2) is 0 Å². The van der Waals surface area contributed by atoms with E-state index in [4.69, 9.17) is 5.11 Å². The van der Waals surface area contributed by atoms with Crippen LogP contribution < -0.4 is 29.6 Å². The Morgan fingerprint density at radius 3 is 1.44 bits per heavy atom. The van der Waals surface area contributed by atoms with Gasteiger partial charge >= 0.3 is 35.5 Å². The van der Waals surface area contributed by atoms with Crippen molar-refractivity contribution in [3.63, 3.8) is 0 Å². The first kappa shape index (κ1) is 20.8. The summed E-state index contributed by atoms with van der Waals surface area (Å²) in [5.41, 5.74) is 0. The molecule has 18 heavy (non-hydrogen) atoms. The molecule has 0 aliphatic carbocycles. The molecule has 0 unspecified atom stereocenters. The van der Waals surface area contributed by atoms with E-state index in [1.165, 1.54) is 64.2 Å². The van der Waals surface area contributed by atoms with Gasteiger partial charge in [-0.25, -0.2) is 0 Å². The Morgan fingerprint density at radius 2 is 1.11 bits per heavy atom. The van der Waals surface area contributed by atoms with E-state index in [1.807, 2.05) is 0 Å². The van der Waals surface area contributed by atoms with Crippen LogP contribution in [0.3, 0.4) is 0 Å². The van der Waals surface area contributed by atoms with Gasteiger partial charge in [0, 0.05) is 6.42 Å². The molecule has 104 valence electrons. The van der Waals surface area contributed by atoms with E-state index >= 15 is 0 Å². The molecule has 0 radical (unpaired) electrons. The minimum atomic E-state index is -0.655. The maximum atomic E-state index is 10.3. The molecule has 0 fully saturated rings. The van der Waals surface area contributed by atoms with Crippen molar-refractivity contribution in [3.8, 4) is 0 Å². The van der Waals surface area contributed by atoms with Crippen molar-refractivity contribution in [1.29, 1.82) is 0 Å². The molecule has 0 bridgehead atoms. The Labute approximate surface area is 137 Å². The maximum Gasteiger partial charge on any atom is 1.00 e. The van der Waals surface area contributed by atoms with E-state index in [0.717, 1.165) is 12.8 Å². The molecule has 0 saturated heterocycles. The molecule has 3 heteroatoms. The van der Waals surface area contributed by atoms with Gasteiger partial charge < -0.3 is 6.53 Å². The summed E-state index contributed by atoms with van der Waals surface area (Å²) in [4.78, 5) is 10.3. The molecule has 0 heterocycles. The van der Waals surface area contributed by atoms with Gasteiger partial charge in [-0.15, -0.1) is 0 Å². The van der Waals surface area contributed by atoms with Crippen LogP contribution in [0.25, 0.3) is 0 Å². The van der Waals surface area contributed by atoms with Crippen LogP contribution in [0.5, 0.6) is 0 Å². The Balaban J connectivity index is -0.00000128. The quantitative estimate of drug-likeness (QED) is 0.410. The maximum absolute atomic E-state index is 10.3. The van der Waals surface area contributed by atoms with Gasteiger partial charge in [-0.2, -0.15) is 0 Å². The Hall–Kier alpha value is 0.470. The molecule has 0 aliphatic heterocycles. The molecule has 0 atom stereocenters. The van der Waals surface area contributed by atoms with E-state index in [2.05, 4.69) is 6.92 Å². The Kier molecular flexibility index (Phi) is 20.2. The third kappa shape index (κ3) is 18.8. The largest absolute Gasteiger partial charge is 1.00 e. The summed E-state index contributed by atoms with van der Waals surface area (Å²) in [6, 6.07) is 0. The average molecular weight is 266 g/mol. The molecule has 0 amide bonds. The fourth-order valence-electron chi connectivity index (χ4n) is 2.12. The molecule has 2 nitrogen and oxygen atoms in total. The predicted octanol–water partition coefficient (Wildman–Crippen LogP) is 2.28. The van der Waals surface area contributed by atoms with Gasteiger partial charge in [0.2, 0.25) is 0 Å². The van der Waals surface area contributed by atoms with E-state index in [0.29, 0.717) is 6.42 Å². The van der Waals surface area contributed by atoms with Gasteiger partial charge in [0.25, 0.3) is 0 Å². The van der Waals surface area contributed by atoms with Crippen molar-refractivity contribution in [2.75, 3.05) is 0 Å². The summed E-state index contributed by atoms with van der Waals surface area (Å²) in [7, 11) is 0. The molecule has 0 spiro atoms. The van der Waals surface area contributed by atoms with E-state index in [9.17, 15) is 4.79 Å². The van der Waals surface area contributed by atoms with Gasteiger partial charge in [-0.05, 0) is 6.42 Å². The minimum absolute atomic E-state index is 0. The first-order valence-corrected chi connectivity index (χ1v) is 7.49. The molecule has 0 aromatic heterocycles. The van der Waals surface area contributed by atoms with Gasteiger partial charge in [0.05, 0.1) is 0 Å². The van der Waals surface area contributed by atoms with Crippen LogP contribution in [-0.2, 0) is 4.79 Å². The molecular weight excluding hydrogens is 235 g/mol. The van der Waals surface area contributed by atoms with Gasteiger partial charge in [-0.1, -0.05) is 77.6 Å². The van der Waals surface area contributed by atoms with Crippen molar-refractivity contribution in [2.45, 2.75) is 90.4 Å². The van der Waals surface area contributed by atoms with Crippen LogP contribution in [0.15, 0.2) is 0 Å². The molecule has 0 aromatic rings. The number of hydrogen-bond donors (Lipinski definition) is 1. The molecular formula is C15H31NaO2. The Bertz CT molecular complexity index is 178. The normalized spacial score (nSPS) is 10.1. The fraction of sp³-hybridized carbons (Fsp3) is 0.933. The molecule has 0 saturated carbocycles. The minimum Gasteiger partial charge on any atom is -1.00 e. The van der Waals surface area contributed by atoms with Crippen molar-refractivity contribution >= 4 is 5.97 Å². The fourth-order valence-corrected chi connectivity index (χ4v) is 2.12. The zero-order valence-corrected chi connectivity index (χ0v) is 14.5. The predicted molar refractivity (Wildman–Crippen MR) is 74.4 cm³/mol. The van der Waals surface area contributed by atoms with E-state index < -0.39 is 5.97 Å². The number of rotatable bonds is 13. The van der Waals surface area contributed by atoms with Crippen LogP contribution in [0.1, 0.15) is 91.8 Å². The molecule has 0 aromatic carbocycles.